The molecule has 4 nitrogen and oxygen atoms in total. The van der Waals surface area contributed by atoms with Crippen molar-refractivity contribution in [2.45, 2.75) is 27.7 Å². The van der Waals surface area contributed by atoms with Crippen LogP contribution in [0.25, 0.3) is 43.1 Å². The molecule has 0 aliphatic heterocycles. The van der Waals surface area contributed by atoms with Gasteiger partial charge in [0, 0.05) is 26.4 Å². The van der Waals surface area contributed by atoms with Crippen molar-refractivity contribution in [1.29, 1.82) is 0 Å². The molecule has 60 heavy (non-hydrogen) atoms. The molecular weight excluding hydrogens is 950 g/mol. The minimum Gasteiger partial charge on any atom is -0.371 e. The number of halogens is 4. The molecule has 0 heterocycles. The van der Waals surface area contributed by atoms with Crippen molar-refractivity contribution in [1.82, 2.24) is 0 Å². The quantitative estimate of drug-likeness (QED) is 0.112. The first-order valence-corrected chi connectivity index (χ1v) is 23.0. The topological polar surface area (TPSA) is 36.9 Å². The van der Waals surface area contributed by atoms with Gasteiger partial charge >= 0.3 is 0 Å². The van der Waals surface area contributed by atoms with Crippen LogP contribution in [0.4, 0.5) is 4.39 Å². The van der Waals surface area contributed by atoms with E-state index >= 15 is 0 Å². The van der Waals surface area contributed by atoms with Gasteiger partial charge in [-0.1, -0.05) is 244 Å². The first kappa shape index (κ1) is 54.1. The van der Waals surface area contributed by atoms with Gasteiger partial charge in [-0.05, 0) is 70.8 Å². The maximum atomic E-state index is 10.8. The lowest BCUT2D eigenvalue weighted by Gasteiger charge is -1.92. The Balaban J connectivity index is 0.000000351. The molecule has 0 saturated carbocycles. The van der Waals surface area contributed by atoms with Gasteiger partial charge in [-0.3, -0.25) is 0 Å². The molecule has 0 aliphatic rings. The lowest BCUT2D eigenvalue weighted by atomic mass is 10.1. The molecule has 8 rings (SSSR count). The highest BCUT2D eigenvalue weighted by molar-refractivity contribution is 14.1. The second-order valence-corrected chi connectivity index (χ2v) is 13.1. The predicted octanol–water partition coefficient (Wildman–Crippen LogP) is 16.3. The number of fused-ring (bicyclic) bond motifs is 4. The third-order valence-electron chi connectivity index (χ3n) is 7.76. The van der Waals surface area contributed by atoms with Crippen molar-refractivity contribution in [2.75, 3.05) is 49.5 Å². The lowest BCUT2D eigenvalue weighted by Crippen LogP contribution is -1.82. The Morgan fingerprint density at radius 1 is 0.383 bits per heavy atom. The fraction of sp³-hybridized carbons (Fsp3) is 0.231. The summed E-state index contributed by atoms with van der Waals surface area (Å²) in [7, 11) is 0. The third kappa shape index (κ3) is 26.3. The average Bonchev–Trinajstić information content (AvgIpc) is 3.32. The van der Waals surface area contributed by atoms with Crippen LogP contribution in [0.1, 0.15) is 27.7 Å². The normalized spacial score (nSPS) is 9.47. The summed E-state index contributed by atoms with van der Waals surface area (Å²) in [6.45, 7) is 9.76. The Bertz CT molecular complexity index is 1590. The van der Waals surface area contributed by atoms with Gasteiger partial charge in [0.05, 0.1) is 4.61 Å². The van der Waals surface area contributed by atoms with Crippen LogP contribution < -0.4 is 0 Å². The summed E-state index contributed by atoms with van der Waals surface area (Å²) in [4.78, 5) is 0. The highest BCUT2D eigenvalue weighted by Crippen LogP contribution is 2.13. The van der Waals surface area contributed by atoms with E-state index in [0.717, 1.165) is 17.8 Å². The fourth-order valence-corrected chi connectivity index (χ4v) is 5.76. The standard InChI is InChI=1S/4C10H8.C3H7BrO.C3H7ClO.C3H7FO.C3H7IO/c4*1-2-6-10-8-4-3-7-9(10)5-1;4*1-2-5-3-4/h4*1-8H;4*2-3H2,1H3. The van der Waals surface area contributed by atoms with E-state index in [4.69, 9.17) is 21.1 Å². The Morgan fingerprint density at radius 3 is 0.633 bits per heavy atom. The van der Waals surface area contributed by atoms with Crippen LogP contribution in [0.2, 0.25) is 0 Å². The molecule has 0 atom stereocenters. The summed E-state index contributed by atoms with van der Waals surface area (Å²) in [6.07, 6.45) is 0. The first-order valence-electron chi connectivity index (χ1n) is 19.8. The predicted molar refractivity (Wildman–Crippen MR) is 272 cm³/mol. The van der Waals surface area contributed by atoms with Crippen LogP contribution in [-0.4, -0.2) is 49.5 Å². The molecule has 0 spiro atoms. The molecule has 0 unspecified atom stereocenters. The smallest absolute Gasteiger partial charge is 0.188 e. The summed E-state index contributed by atoms with van der Waals surface area (Å²) < 4.78 is 29.9. The van der Waals surface area contributed by atoms with Gasteiger partial charge in [0.15, 0.2) is 6.86 Å². The summed E-state index contributed by atoms with van der Waals surface area (Å²) in [5.74, 6) is 0. The number of ether oxygens (including phenoxy) is 4. The highest BCUT2D eigenvalue weighted by atomic mass is 127. The van der Waals surface area contributed by atoms with Gasteiger partial charge in [-0.2, -0.15) is 0 Å². The second kappa shape index (κ2) is 39.2. The molecule has 0 saturated heterocycles. The summed E-state index contributed by atoms with van der Waals surface area (Å²) in [5, 5.41) is 10.5. The van der Waals surface area contributed by atoms with Crippen molar-refractivity contribution in [3.8, 4) is 0 Å². The van der Waals surface area contributed by atoms with Crippen molar-refractivity contribution < 1.29 is 23.3 Å². The minimum atomic E-state index is -0.656. The third-order valence-corrected chi connectivity index (χ3v) is 8.68. The molecule has 0 fully saturated rings. The zero-order chi connectivity index (χ0) is 43.7. The van der Waals surface area contributed by atoms with E-state index in [9.17, 15) is 4.39 Å². The van der Waals surface area contributed by atoms with E-state index in [2.05, 4.69) is 242 Å². The maximum Gasteiger partial charge on any atom is 0.188 e. The van der Waals surface area contributed by atoms with Gasteiger partial charge < -0.3 is 18.9 Å². The second-order valence-electron chi connectivity index (χ2n) is 11.8. The van der Waals surface area contributed by atoms with Crippen LogP contribution in [0.15, 0.2) is 194 Å². The zero-order valence-electron chi connectivity index (χ0n) is 35.3. The van der Waals surface area contributed by atoms with Crippen LogP contribution >= 0.6 is 50.1 Å². The monoisotopic (exact) mass is 1010 g/mol. The number of hydrogen-bond donors (Lipinski definition) is 0. The number of rotatable bonds is 8. The lowest BCUT2D eigenvalue weighted by molar-refractivity contribution is 0.0672. The SMILES string of the molecule is CCOCBr.CCOCCl.CCOCF.CCOCI.c1ccc2ccccc2c1.c1ccc2ccccc2c1.c1ccc2ccccc2c1.c1ccc2ccccc2c1. The van der Waals surface area contributed by atoms with Gasteiger partial charge in [-0.15, -0.1) is 0 Å². The van der Waals surface area contributed by atoms with Gasteiger partial charge in [-0.25, -0.2) is 4.39 Å². The van der Waals surface area contributed by atoms with Crippen LogP contribution in [0.5, 0.6) is 0 Å². The molecule has 8 aromatic rings. The maximum absolute atomic E-state index is 10.8. The Kier molecular flexibility index (Phi) is 35.4. The van der Waals surface area contributed by atoms with E-state index in [1.165, 1.54) is 43.1 Å². The molecule has 8 aromatic carbocycles. The number of alkyl halides is 4. The molecule has 0 aliphatic carbocycles. The summed E-state index contributed by atoms with van der Waals surface area (Å²) in [6, 6.07) is 67.2. The van der Waals surface area contributed by atoms with E-state index < -0.39 is 6.86 Å². The summed E-state index contributed by atoms with van der Waals surface area (Å²) >= 11 is 10.3. The van der Waals surface area contributed by atoms with Gasteiger partial charge in [0.25, 0.3) is 0 Å². The van der Waals surface area contributed by atoms with Crippen molar-refractivity contribution in [2.24, 2.45) is 0 Å². The van der Waals surface area contributed by atoms with E-state index in [1.807, 2.05) is 20.8 Å². The zero-order valence-corrected chi connectivity index (χ0v) is 39.8. The summed E-state index contributed by atoms with van der Waals surface area (Å²) in [5.41, 5.74) is 0.656. The van der Waals surface area contributed by atoms with Crippen molar-refractivity contribution >= 4 is 93.2 Å². The Morgan fingerprint density at radius 2 is 0.583 bits per heavy atom. The van der Waals surface area contributed by atoms with Crippen molar-refractivity contribution in [3.05, 3.63) is 194 Å². The first-order chi connectivity index (χ1) is 29.5. The molecular formula is C52H60BrClFIO4. The average molecular weight is 1010 g/mol. The minimum absolute atomic E-state index is 0.316. The Labute approximate surface area is 385 Å². The fourth-order valence-electron chi connectivity index (χ4n) is 4.84. The highest BCUT2D eigenvalue weighted by Gasteiger charge is 1.88. The molecule has 8 heteroatoms. The Hall–Kier alpha value is -3.93. The molecule has 320 valence electrons. The van der Waals surface area contributed by atoms with Crippen LogP contribution in [0.3, 0.4) is 0 Å². The van der Waals surface area contributed by atoms with Crippen LogP contribution in [-0.2, 0) is 18.9 Å². The molecule has 0 bridgehead atoms. The van der Waals surface area contributed by atoms with Crippen LogP contribution in [0, 0.1) is 0 Å². The van der Waals surface area contributed by atoms with Crippen molar-refractivity contribution in [3.63, 3.8) is 0 Å². The number of benzene rings is 8. The van der Waals surface area contributed by atoms with E-state index in [-0.39, 0.29) is 0 Å². The molecule has 0 aromatic heterocycles. The number of hydrogen-bond acceptors (Lipinski definition) is 4. The van der Waals surface area contributed by atoms with Gasteiger partial charge in [0.1, 0.15) is 11.6 Å². The molecule has 0 N–H and O–H groups in total. The molecule has 0 radical (unpaired) electrons. The molecule has 0 amide bonds. The van der Waals surface area contributed by atoms with E-state index in [0.29, 0.717) is 24.8 Å². The van der Waals surface area contributed by atoms with Gasteiger partial charge in [0.2, 0.25) is 0 Å². The largest absolute Gasteiger partial charge is 0.371 e. The van der Waals surface area contributed by atoms with E-state index in [1.54, 1.807) is 6.92 Å².